The summed E-state index contributed by atoms with van der Waals surface area (Å²) in [5.74, 6) is 1.03. The van der Waals surface area contributed by atoms with Crippen LogP contribution in [0.2, 0.25) is 0 Å². The van der Waals surface area contributed by atoms with Crippen molar-refractivity contribution in [3.63, 3.8) is 0 Å². The van der Waals surface area contributed by atoms with Gasteiger partial charge in [0.15, 0.2) is 0 Å². The van der Waals surface area contributed by atoms with Gasteiger partial charge in [-0.25, -0.2) is 0 Å². The Balaban J connectivity index is 2.31. The van der Waals surface area contributed by atoms with Crippen molar-refractivity contribution < 1.29 is 4.42 Å². The zero-order valence-corrected chi connectivity index (χ0v) is 10.1. The molecule has 3 rings (SSSR count). The highest BCUT2D eigenvalue weighted by molar-refractivity contribution is 5.83. The smallest absolute Gasteiger partial charge is 0.134 e. The Bertz CT molecular complexity index is 558. The third kappa shape index (κ3) is 1.43. The topological polar surface area (TPSA) is 65.2 Å². The third-order valence-corrected chi connectivity index (χ3v) is 3.94. The van der Waals surface area contributed by atoms with Gasteiger partial charge in [-0.1, -0.05) is 18.2 Å². The van der Waals surface area contributed by atoms with Crippen LogP contribution in [0.5, 0.6) is 0 Å². The van der Waals surface area contributed by atoms with E-state index in [4.69, 9.17) is 15.9 Å². The number of aryl methyl sites for hydroxylation is 1. The lowest BCUT2D eigenvalue weighted by Crippen LogP contribution is -2.52. The lowest BCUT2D eigenvalue weighted by molar-refractivity contribution is 0.304. The number of furan rings is 1. The van der Waals surface area contributed by atoms with Gasteiger partial charge in [0.25, 0.3) is 0 Å². The molecule has 1 aliphatic carbocycles. The maximum absolute atomic E-state index is 6.54. The predicted molar refractivity (Wildman–Crippen MR) is 68.7 cm³/mol. The molecular weight excluding hydrogens is 212 g/mol. The molecule has 0 saturated heterocycles. The Morgan fingerprint density at radius 1 is 1.35 bits per heavy atom. The van der Waals surface area contributed by atoms with Gasteiger partial charge < -0.3 is 15.9 Å². The van der Waals surface area contributed by atoms with Crippen LogP contribution >= 0.6 is 0 Å². The summed E-state index contributed by atoms with van der Waals surface area (Å²) in [7, 11) is 0. The van der Waals surface area contributed by atoms with Crippen LogP contribution in [0.25, 0.3) is 11.0 Å². The molecule has 0 saturated carbocycles. The van der Waals surface area contributed by atoms with Crippen molar-refractivity contribution in [3.05, 3.63) is 35.6 Å². The summed E-state index contributed by atoms with van der Waals surface area (Å²) in [5.41, 5.74) is 14.3. The van der Waals surface area contributed by atoms with Crippen LogP contribution < -0.4 is 11.5 Å². The van der Waals surface area contributed by atoms with Crippen LogP contribution in [0.15, 0.2) is 28.7 Å². The zero-order valence-electron chi connectivity index (χ0n) is 10.1. The zero-order chi connectivity index (χ0) is 12.0. The van der Waals surface area contributed by atoms with Gasteiger partial charge in [-0.2, -0.15) is 0 Å². The van der Waals surface area contributed by atoms with Crippen molar-refractivity contribution in [2.45, 2.75) is 37.8 Å². The lowest BCUT2D eigenvalue weighted by atomic mass is 9.75. The number of rotatable bonds is 1. The van der Waals surface area contributed by atoms with E-state index in [2.05, 4.69) is 6.07 Å². The van der Waals surface area contributed by atoms with E-state index in [0.29, 0.717) is 0 Å². The molecule has 90 valence electrons. The number of para-hydroxylation sites is 1. The third-order valence-electron chi connectivity index (χ3n) is 3.94. The standard InChI is InChI=1S/C14H18N2O/c1-9(15)14(16)8-4-7-12-13(14)10-5-2-3-6-11(10)17-12/h2-3,5-6,9H,4,7-8,15-16H2,1H3. The normalized spacial score (nSPS) is 25.8. The molecule has 3 heteroatoms. The molecule has 0 amide bonds. The molecule has 0 aliphatic heterocycles. The summed E-state index contributed by atoms with van der Waals surface area (Å²) in [6.45, 7) is 1.98. The Morgan fingerprint density at radius 3 is 2.88 bits per heavy atom. The molecule has 0 radical (unpaired) electrons. The molecule has 2 atom stereocenters. The van der Waals surface area contributed by atoms with E-state index in [1.165, 1.54) is 0 Å². The highest BCUT2D eigenvalue weighted by atomic mass is 16.3. The average Bonchev–Trinajstić information content (AvgIpc) is 2.68. The molecule has 0 bridgehead atoms. The maximum Gasteiger partial charge on any atom is 0.134 e. The summed E-state index contributed by atoms with van der Waals surface area (Å²) in [4.78, 5) is 0. The van der Waals surface area contributed by atoms with Crippen LogP contribution in [0.1, 0.15) is 31.1 Å². The molecule has 0 spiro atoms. The second-order valence-electron chi connectivity index (χ2n) is 5.08. The summed E-state index contributed by atoms with van der Waals surface area (Å²) in [5, 5.41) is 1.13. The van der Waals surface area contributed by atoms with Crippen LogP contribution in [0, 0.1) is 0 Å². The monoisotopic (exact) mass is 230 g/mol. The van der Waals surface area contributed by atoms with E-state index in [9.17, 15) is 0 Å². The Labute approximate surface area is 101 Å². The van der Waals surface area contributed by atoms with E-state index in [1.807, 2.05) is 25.1 Å². The van der Waals surface area contributed by atoms with Gasteiger partial charge in [0.2, 0.25) is 0 Å². The molecule has 3 nitrogen and oxygen atoms in total. The molecule has 2 unspecified atom stereocenters. The van der Waals surface area contributed by atoms with Crippen LogP contribution in [0.3, 0.4) is 0 Å². The Hall–Kier alpha value is -1.32. The van der Waals surface area contributed by atoms with Crippen LogP contribution in [-0.4, -0.2) is 6.04 Å². The molecule has 1 heterocycles. The van der Waals surface area contributed by atoms with E-state index >= 15 is 0 Å². The van der Waals surface area contributed by atoms with Gasteiger partial charge in [-0.05, 0) is 25.8 Å². The maximum atomic E-state index is 6.54. The molecule has 1 aliphatic rings. The Morgan fingerprint density at radius 2 is 2.12 bits per heavy atom. The number of hydrogen-bond acceptors (Lipinski definition) is 3. The van der Waals surface area contributed by atoms with Gasteiger partial charge in [-0.15, -0.1) is 0 Å². The quantitative estimate of drug-likeness (QED) is 0.789. The van der Waals surface area contributed by atoms with Crippen molar-refractivity contribution in [1.29, 1.82) is 0 Å². The first kappa shape index (κ1) is 10.8. The van der Waals surface area contributed by atoms with Gasteiger partial charge in [0, 0.05) is 23.4 Å². The molecule has 1 aromatic carbocycles. The molecule has 4 N–H and O–H groups in total. The van der Waals surface area contributed by atoms with Gasteiger partial charge in [0.05, 0.1) is 5.54 Å². The van der Waals surface area contributed by atoms with Gasteiger partial charge in [-0.3, -0.25) is 0 Å². The highest BCUT2D eigenvalue weighted by Gasteiger charge is 2.39. The fraction of sp³-hybridized carbons (Fsp3) is 0.429. The van der Waals surface area contributed by atoms with Crippen molar-refractivity contribution in [2.24, 2.45) is 11.5 Å². The lowest BCUT2D eigenvalue weighted by Gasteiger charge is -2.36. The summed E-state index contributed by atoms with van der Waals surface area (Å²) < 4.78 is 5.90. The summed E-state index contributed by atoms with van der Waals surface area (Å²) in [6, 6.07) is 8.01. The first-order valence-electron chi connectivity index (χ1n) is 6.18. The van der Waals surface area contributed by atoms with Crippen LogP contribution in [0.4, 0.5) is 0 Å². The summed E-state index contributed by atoms with van der Waals surface area (Å²) >= 11 is 0. The Kier molecular flexibility index (Phi) is 2.28. The highest BCUT2D eigenvalue weighted by Crippen LogP contribution is 2.41. The minimum Gasteiger partial charge on any atom is -0.461 e. The van der Waals surface area contributed by atoms with Gasteiger partial charge >= 0.3 is 0 Å². The van der Waals surface area contributed by atoms with E-state index in [0.717, 1.165) is 41.6 Å². The minimum atomic E-state index is -0.444. The van der Waals surface area contributed by atoms with Crippen molar-refractivity contribution in [2.75, 3.05) is 0 Å². The number of benzene rings is 1. The van der Waals surface area contributed by atoms with Crippen molar-refractivity contribution in [3.8, 4) is 0 Å². The molecule has 1 aromatic heterocycles. The second kappa shape index (κ2) is 3.59. The number of fused-ring (bicyclic) bond motifs is 3. The van der Waals surface area contributed by atoms with E-state index < -0.39 is 5.54 Å². The minimum absolute atomic E-state index is 0.0671. The fourth-order valence-corrected chi connectivity index (χ4v) is 2.90. The molecule has 2 aromatic rings. The first-order chi connectivity index (χ1) is 8.13. The van der Waals surface area contributed by atoms with Crippen molar-refractivity contribution >= 4 is 11.0 Å². The molecular formula is C14H18N2O. The largest absolute Gasteiger partial charge is 0.461 e. The van der Waals surface area contributed by atoms with Gasteiger partial charge in [0.1, 0.15) is 11.3 Å². The van der Waals surface area contributed by atoms with E-state index in [1.54, 1.807) is 0 Å². The predicted octanol–water partition coefficient (Wildman–Crippen LogP) is 2.27. The summed E-state index contributed by atoms with van der Waals surface area (Å²) in [6.07, 6.45) is 2.95. The SMILES string of the molecule is CC(N)C1(N)CCCc2oc3ccccc3c21. The number of nitrogens with two attached hydrogens (primary N) is 2. The van der Waals surface area contributed by atoms with E-state index in [-0.39, 0.29) is 6.04 Å². The fourth-order valence-electron chi connectivity index (χ4n) is 2.90. The second-order valence-corrected chi connectivity index (χ2v) is 5.08. The average molecular weight is 230 g/mol. The van der Waals surface area contributed by atoms with Crippen molar-refractivity contribution in [1.82, 2.24) is 0 Å². The molecule has 0 fully saturated rings. The molecule has 17 heavy (non-hydrogen) atoms. The number of hydrogen-bond donors (Lipinski definition) is 2. The first-order valence-corrected chi connectivity index (χ1v) is 6.18. The van der Waals surface area contributed by atoms with Crippen LogP contribution in [-0.2, 0) is 12.0 Å².